The van der Waals surface area contributed by atoms with Gasteiger partial charge in [0.15, 0.2) is 0 Å². The van der Waals surface area contributed by atoms with Gasteiger partial charge in [-0.05, 0) is 30.8 Å². The molecular weight excluding hydrogens is 214 g/mol. The van der Waals surface area contributed by atoms with Crippen LogP contribution in [0, 0.1) is 0 Å². The Kier molecular flexibility index (Phi) is 3.35. The van der Waals surface area contributed by atoms with Crippen molar-refractivity contribution in [1.29, 1.82) is 0 Å². The molecule has 0 fully saturated rings. The van der Waals surface area contributed by atoms with Crippen LogP contribution in [0.15, 0.2) is 41.5 Å². The molecule has 0 aliphatic carbocycles. The molecule has 1 aromatic carbocycles. The molecule has 1 atom stereocenters. The van der Waals surface area contributed by atoms with Crippen LogP contribution in [0.3, 0.4) is 0 Å². The molecule has 1 nitrogen and oxygen atoms in total. The van der Waals surface area contributed by atoms with Crippen LogP contribution in [0.4, 0.5) is 0 Å². The molecule has 0 amide bonds. The number of hydrogen-bond acceptors (Lipinski definition) is 1. The third-order valence-corrected chi connectivity index (χ3v) is 2.21. The number of halogens is 1. The molecule has 0 aromatic heterocycles. The highest BCUT2D eigenvalue weighted by Crippen LogP contribution is 2.17. The highest BCUT2D eigenvalue weighted by atomic mass is 79.9. The molecule has 1 N–H and O–H groups in total. The first kappa shape index (κ1) is 9.33. The van der Waals surface area contributed by atoms with Gasteiger partial charge in [-0.3, -0.25) is 0 Å². The molecule has 0 saturated carbocycles. The summed E-state index contributed by atoms with van der Waals surface area (Å²) in [6.45, 7) is 5.73. The van der Waals surface area contributed by atoms with E-state index in [1.54, 1.807) is 6.20 Å². The quantitative estimate of drug-likeness (QED) is 0.834. The van der Waals surface area contributed by atoms with Crippen LogP contribution in [0.2, 0.25) is 0 Å². The second-order valence-electron chi connectivity index (χ2n) is 2.65. The van der Waals surface area contributed by atoms with Crippen molar-refractivity contribution in [2.24, 2.45) is 0 Å². The normalized spacial score (nSPS) is 12.2. The lowest BCUT2D eigenvalue weighted by molar-refractivity contribution is 0.687. The van der Waals surface area contributed by atoms with E-state index >= 15 is 0 Å². The Bertz CT molecular complexity index is 270. The molecule has 64 valence electrons. The van der Waals surface area contributed by atoms with Crippen LogP contribution in [0.25, 0.3) is 0 Å². The van der Waals surface area contributed by atoms with Crippen LogP contribution >= 0.6 is 15.9 Å². The summed E-state index contributed by atoms with van der Waals surface area (Å²) in [5.74, 6) is 0. The maximum Gasteiger partial charge on any atom is 0.0480 e. The first-order valence-corrected chi connectivity index (χ1v) is 4.65. The first-order chi connectivity index (χ1) is 5.74. The highest BCUT2D eigenvalue weighted by molar-refractivity contribution is 9.10. The van der Waals surface area contributed by atoms with Crippen LogP contribution in [-0.4, -0.2) is 0 Å². The third kappa shape index (κ3) is 2.38. The topological polar surface area (TPSA) is 12.0 Å². The molecule has 0 heterocycles. The Balaban J connectivity index is 2.80. The second-order valence-corrected chi connectivity index (χ2v) is 3.56. The summed E-state index contributed by atoms with van der Waals surface area (Å²) >= 11 is 3.43. The molecule has 2 heteroatoms. The standard InChI is InChI=1S/C10H12BrN/c1-3-12-8(2)9-5-4-6-10(11)7-9/h3-8,12H,1H2,2H3. The Morgan fingerprint density at radius 2 is 2.33 bits per heavy atom. The zero-order valence-corrected chi connectivity index (χ0v) is 8.64. The smallest absolute Gasteiger partial charge is 0.0480 e. The number of benzene rings is 1. The Morgan fingerprint density at radius 1 is 1.58 bits per heavy atom. The Hall–Kier alpha value is -0.760. The van der Waals surface area contributed by atoms with Crippen molar-refractivity contribution >= 4 is 15.9 Å². The van der Waals surface area contributed by atoms with Gasteiger partial charge in [-0.15, -0.1) is 0 Å². The highest BCUT2D eigenvalue weighted by Gasteiger charge is 2.01. The number of hydrogen-bond donors (Lipinski definition) is 1. The maximum absolute atomic E-state index is 3.63. The van der Waals surface area contributed by atoms with E-state index in [-0.39, 0.29) is 0 Å². The zero-order valence-electron chi connectivity index (χ0n) is 7.05. The van der Waals surface area contributed by atoms with Crippen molar-refractivity contribution in [2.75, 3.05) is 0 Å². The van der Waals surface area contributed by atoms with Gasteiger partial charge >= 0.3 is 0 Å². The zero-order chi connectivity index (χ0) is 8.97. The summed E-state index contributed by atoms with van der Waals surface area (Å²) in [6, 6.07) is 8.55. The Morgan fingerprint density at radius 3 is 2.92 bits per heavy atom. The average Bonchev–Trinajstić information content (AvgIpc) is 2.05. The van der Waals surface area contributed by atoms with E-state index in [0.29, 0.717) is 6.04 Å². The summed E-state index contributed by atoms with van der Waals surface area (Å²) in [6.07, 6.45) is 1.71. The van der Waals surface area contributed by atoms with Gasteiger partial charge in [0.05, 0.1) is 0 Å². The fourth-order valence-electron chi connectivity index (χ4n) is 1.05. The van der Waals surface area contributed by atoms with Crippen LogP contribution in [-0.2, 0) is 0 Å². The molecule has 1 unspecified atom stereocenters. The fourth-order valence-corrected chi connectivity index (χ4v) is 1.47. The summed E-state index contributed by atoms with van der Waals surface area (Å²) in [5, 5.41) is 3.13. The van der Waals surface area contributed by atoms with Gasteiger partial charge in [0.25, 0.3) is 0 Å². The van der Waals surface area contributed by atoms with E-state index in [1.807, 2.05) is 12.1 Å². The lowest BCUT2D eigenvalue weighted by atomic mass is 10.1. The monoisotopic (exact) mass is 225 g/mol. The molecular formula is C10H12BrN. The predicted octanol–water partition coefficient (Wildman–Crippen LogP) is 3.24. The minimum Gasteiger partial charge on any atom is -0.385 e. The number of rotatable bonds is 3. The van der Waals surface area contributed by atoms with Gasteiger partial charge in [0.1, 0.15) is 0 Å². The van der Waals surface area contributed by atoms with E-state index in [4.69, 9.17) is 0 Å². The molecule has 0 radical (unpaired) electrons. The van der Waals surface area contributed by atoms with Crippen molar-refractivity contribution in [3.63, 3.8) is 0 Å². The van der Waals surface area contributed by atoms with Crippen LogP contribution in [0.5, 0.6) is 0 Å². The summed E-state index contributed by atoms with van der Waals surface area (Å²) in [7, 11) is 0. The molecule has 1 rings (SSSR count). The second kappa shape index (κ2) is 4.31. The molecule has 1 aromatic rings. The predicted molar refractivity (Wildman–Crippen MR) is 55.9 cm³/mol. The van der Waals surface area contributed by atoms with Crippen molar-refractivity contribution in [3.05, 3.63) is 47.1 Å². The minimum absolute atomic E-state index is 0.319. The fraction of sp³-hybridized carbons (Fsp3) is 0.200. The summed E-state index contributed by atoms with van der Waals surface area (Å²) < 4.78 is 1.11. The van der Waals surface area contributed by atoms with Gasteiger partial charge in [-0.25, -0.2) is 0 Å². The van der Waals surface area contributed by atoms with Gasteiger partial charge in [-0.1, -0.05) is 34.6 Å². The number of nitrogens with one attached hydrogen (secondary N) is 1. The average molecular weight is 226 g/mol. The third-order valence-electron chi connectivity index (χ3n) is 1.72. The van der Waals surface area contributed by atoms with E-state index in [2.05, 4.69) is 46.9 Å². The molecule has 12 heavy (non-hydrogen) atoms. The summed E-state index contributed by atoms with van der Waals surface area (Å²) in [5.41, 5.74) is 1.25. The molecule has 0 bridgehead atoms. The van der Waals surface area contributed by atoms with Gasteiger partial charge < -0.3 is 5.32 Å². The van der Waals surface area contributed by atoms with E-state index in [1.165, 1.54) is 5.56 Å². The first-order valence-electron chi connectivity index (χ1n) is 3.86. The lowest BCUT2D eigenvalue weighted by Crippen LogP contribution is -2.10. The molecule has 0 aliphatic heterocycles. The van der Waals surface area contributed by atoms with Crippen molar-refractivity contribution < 1.29 is 0 Å². The van der Waals surface area contributed by atoms with Gasteiger partial charge in [0, 0.05) is 10.5 Å². The van der Waals surface area contributed by atoms with Crippen molar-refractivity contribution in [2.45, 2.75) is 13.0 Å². The maximum atomic E-state index is 3.63. The van der Waals surface area contributed by atoms with Crippen molar-refractivity contribution in [3.8, 4) is 0 Å². The van der Waals surface area contributed by atoms with Gasteiger partial charge in [-0.2, -0.15) is 0 Å². The summed E-state index contributed by atoms with van der Waals surface area (Å²) in [4.78, 5) is 0. The van der Waals surface area contributed by atoms with E-state index in [0.717, 1.165) is 4.47 Å². The van der Waals surface area contributed by atoms with Gasteiger partial charge in [0.2, 0.25) is 0 Å². The molecule has 0 saturated heterocycles. The van der Waals surface area contributed by atoms with Crippen molar-refractivity contribution in [1.82, 2.24) is 5.32 Å². The Labute approximate surface area is 81.6 Å². The van der Waals surface area contributed by atoms with Crippen LogP contribution in [0.1, 0.15) is 18.5 Å². The largest absolute Gasteiger partial charge is 0.385 e. The van der Waals surface area contributed by atoms with E-state index in [9.17, 15) is 0 Å². The molecule has 0 aliphatic rings. The SMILES string of the molecule is C=CNC(C)c1cccc(Br)c1. The lowest BCUT2D eigenvalue weighted by Gasteiger charge is -2.11. The minimum atomic E-state index is 0.319. The van der Waals surface area contributed by atoms with Crippen LogP contribution < -0.4 is 5.32 Å². The molecule has 0 spiro atoms. The van der Waals surface area contributed by atoms with E-state index < -0.39 is 0 Å².